The van der Waals surface area contributed by atoms with Crippen molar-refractivity contribution in [2.24, 2.45) is 0 Å². The maximum absolute atomic E-state index is 11.6. The number of fused-ring (bicyclic) bond motifs is 1. The van der Waals surface area contributed by atoms with Gasteiger partial charge in [0.2, 0.25) is 0 Å². The molecule has 0 aliphatic carbocycles. The fourth-order valence-electron chi connectivity index (χ4n) is 3.53. The minimum atomic E-state index is 0.401. The molecule has 0 unspecified atom stereocenters. The summed E-state index contributed by atoms with van der Waals surface area (Å²) in [4.78, 5) is 4.62. The van der Waals surface area contributed by atoms with E-state index < -0.39 is 0 Å². The van der Waals surface area contributed by atoms with E-state index in [1.165, 1.54) is 18.0 Å². The van der Waals surface area contributed by atoms with Crippen LogP contribution in [0.25, 0.3) is 33.7 Å². The summed E-state index contributed by atoms with van der Waals surface area (Å²) in [7, 11) is 0. The molecule has 0 spiro atoms. The van der Waals surface area contributed by atoms with Crippen molar-refractivity contribution in [2.75, 3.05) is 0 Å². The number of benzene rings is 2. The van der Waals surface area contributed by atoms with Crippen LogP contribution in [0, 0.1) is 16.5 Å². The molecule has 2 aromatic heterocycles. The van der Waals surface area contributed by atoms with E-state index >= 15 is 0 Å². The lowest BCUT2D eigenvalue weighted by atomic mass is 9.93. The Hall–Kier alpha value is -3.97. The van der Waals surface area contributed by atoms with Crippen molar-refractivity contribution in [3.63, 3.8) is 0 Å². The summed E-state index contributed by atoms with van der Waals surface area (Å²) in [5.74, 6) is 0.401. The minimum Gasteiger partial charge on any atom is -0.619 e. The first-order chi connectivity index (χ1) is 14.5. The monoisotopic (exact) mass is 391 g/mol. The third kappa shape index (κ3) is 3.92. The Kier molecular flexibility index (Phi) is 5.28. The maximum Gasteiger partial charge on any atom is 0.188 e. The van der Waals surface area contributed by atoms with Crippen LogP contribution >= 0.6 is 0 Å². The molecule has 0 amide bonds. The van der Waals surface area contributed by atoms with Crippen LogP contribution in [0.15, 0.2) is 79.3 Å². The molecule has 4 heteroatoms. The summed E-state index contributed by atoms with van der Waals surface area (Å²) in [5.41, 5.74) is 6.25. The number of pyridine rings is 2. The van der Waals surface area contributed by atoms with Gasteiger partial charge in [-0.05, 0) is 59.0 Å². The van der Waals surface area contributed by atoms with Gasteiger partial charge in [-0.3, -0.25) is 4.98 Å². The molecule has 2 aromatic carbocycles. The molecule has 0 saturated heterocycles. The molecule has 4 rings (SSSR count). The zero-order valence-electron chi connectivity index (χ0n) is 16.9. The number of allylic oxidation sites excluding steroid dienone is 1. The van der Waals surface area contributed by atoms with E-state index in [4.69, 9.17) is 0 Å². The van der Waals surface area contributed by atoms with E-state index in [0.29, 0.717) is 21.8 Å². The average Bonchev–Trinajstić information content (AvgIpc) is 2.76. The number of nitrogens with zero attached hydrogens (tertiary/aromatic N) is 3. The second kappa shape index (κ2) is 8.18. The first kappa shape index (κ1) is 19.4. The lowest BCUT2D eigenvalue weighted by molar-refractivity contribution is -0.605. The van der Waals surface area contributed by atoms with Gasteiger partial charge in [-0.2, -0.15) is 9.99 Å². The number of aromatic nitrogens is 2. The van der Waals surface area contributed by atoms with Crippen molar-refractivity contribution < 1.29 is 4.73 Å². The molecule has 4 nitrogen and oxygen atoms in total. The van der Waals surface area contributed by atoms with Crippen molar-refractivity contribution in [1.82, 2.24) is 4.98 Å². The van der Waals surface area contributed by atoms with Gasteiger partial charge in [0.1, 0.15) is 6.07 Å². The highest BCUT2D eigenvalue weighted by molar-refractivity contribution is 5.95. The van der Waals surface area contributed by atoms with Crippen LogP contribution in [0.3, 0.4) is 0 Å². The lowest BCUT2D eigenvalue weighted by Crippen LogP contribution is -2.24. The summed E-state index contributed by atoms with van der Waals surface area (Å²) in [6.07, 6.45) is 6.42. The molecule has 146 valence electrons. The Balaban J connectivity index is 1.84. The summed E-state index contributed by atoms with van der Waals surface area (Å²) in [6, 6.07) is 22.1. The van der Waals surface area contributed by atoms with Crippen LogP contribution in [0.5, 0.6) is 0 Å². The molecule has 2 heterocycles. The van der Waals surface area contributed by atoms with Gasteiger partial charge in [0.25, 0.3) is 0 Å². The van der Waals surface area contributed by atoms with E-state index in [9.17, 15) is 10.5 Å². The largest absolute Gasteiger partial charge is 0.619 e. The van der Waals surface area contributed by atoms with E-state index in [-0.39, 0.29) is 0 Å². The van der Waals surface area contributed by atoms with Crippen molar-refractivity contribution in [3.8, 4) is 17.2 Å². The molecule has 0 N–H and O–H groups in total. The highest BCUT2D eigenvalue weighted by atomic mass is 16.5. The molecule has 0 aliphatic heterocycles. The highest BCUT2D eigenvalue weighted by Crippen LogP contribution is 2.32. The number of rotatable bonds is 4. The van der Waals surface area contributed by atoms with Gasteiger partial charge in [-0.1, -0.05) is 38.1 Å². The van der Waals surface area contributed by atoms with Gasteiger partial charge in [0, 0.05) is 23.2 Å². The SMILES string of the molecule is CC(C)c1cc(-c2cccc(C=C(C#N)c3ccc[n+]([O-])c3)c2)c2ncccc2c1. The first-order valence-corrected chi connectivity index (χ1v) is 9.85. The van der Waals surface area contributed by atoms with E-state index in [1.54, 1.807) is 18.2 Å². The average molecular weight is 391 g/mol. The predicted octanol–water partition coefficient (Wildman–Crippen LogP) is 5.72. The maximum atomic E-state index is 11.6. The van der Waals surface area contributed by atoms with Crippen LogP contribution in [-0.4, -0.2) is 4.98 Å². The summed E-state index contributed by atoms with van der Waals surface area (Å²) in [5, 5.41) is 22.3. The quantitative estimate of drug-likeness (QED) is 0.254. The van der Waals surface area contributed by atoms with Gasteiger partial charge >= 0.3 is 0 Å². The van der Waals surface area contributed by atoms with Crippen LogP contribution in [0.2, 0.25) is 0 Å². The smallest absolute Gasteiger partial charge is 0.188 e. The minimum absolute atomic E-state index is 0.401. The Labute approximate surface area is 176 Å². The van der Waals surface area contributed by atoms with Crippen LogP contribution in [0.4, 0.5) is 0 Å². The fraction of sp³-hybridized carbons (Fsp3) is 0.115. The van der Waals surface area contributed by atoms with Gasteiger partial charge in [-0.25, -0.2) is 0 Å². The normalized spacial score (nSPS) is 11.6. The molecule has 0 atom stereocenters. The van der Waals surface area contributed by atoms with Crippen molar-refractivity contribution in [1.29, 1.82) is 5.26 Å². The topological polar surface area (TPSA) is 63.6 Å². The Morgan fingerprint density at radius 1 is 1.10 bits per heavy atom. The third-order valence-corrected chi connectivity index (χ3v) is 5.11. The number of hydrogen-bond acceptors (Lipinski definition) is 3. The molecule has 0 bridgehead atoms. The molecular formula is C26H21N3O. The first-order valence-electron chi connectivity index (χ1n) is 9.85. The summed E-state index contributed by atoms with van der Waals surface area (Å²) < 4.78 is 0.701. The fourth-order valence-corrected chi connectivity index (χ4v) is 3.53. The molecule has 0 saturated carbocycles. The molecule has 30 heavy (non-hydrogen) atoms. The highest BCUT2D eigenvalue weighted by Gasteiger charge is 2.11. The van der Waals surface area contributed by atoms with Crippen LogP contribution < -0.4 is 4.73 Å². The van der Waals surface area contributed by atoms with Crippen molar-refractivity contribution >= 4 is 22.6 Å². The van der Waals surface area contributed by atoms with E-state index in [0.717, 1.165) is 27.6 Å². The van der Waals surface area contributed by atoms with E-state index in [2.05, 4.69) is 55.2 Å². The van der Waals surface area contributed by atoms with Crippen molar-refractivity contribution in [3.05, 3.63) is 101 Å². The summed E-state index contributed by atoms with van der Waals surface area (Å²) in [6.45, 7) is 4.36. The number of hydrogen-bond donors (Lipinski definition) is 0. The second-order valence-corrected chi connectivity index (χ2v) is 7.55. The predicted molar refractivity (Wildman–Crippen MR) is 120 cm³/mol. The molecule has 4 aromatic rings. The third-order valence-electron chi connectivity index (χ3n) is 5.11. The van der Waals surface area contributed by atoms with Gasteiger partial charge < -0.3 is 5.21 Å². The van der Waals surface area contributed by atoms with Crippen LogP contribution in [0.1, 0.15) is 36.5 Å². The van der Waals surface area contributed by atoms with Gasteiger partial charge in [-0.15, -0.1) is 0 Å². The molecule has 0 fully saturated rings. The lowest BCUT2D eigenvalue weighted by Gasteiger charge is -2.13. The standard InChI is InChI=1S/C26H21N3O/c1-18(2)23-14-21-8-4-10-28-26(21)25(15-23)20-7-3-6-19(12-20)13-24(16-27)22-9-5-11-29(30)17-22/h3-15,17-18H,1-2H3. The van der Waals surface area contributed by atoms with E-state index in [1.807, 2.05) is 24.4 Å². The zero-order valence-corrected chi connectivity index (χ0v) is 16.9. The molecular weight excluding hydrogens is 370 g/mol. The molecule has 0 aliphatic rings. The zero-order chi connectivity index (χ0) is 21.1. The Bertz CT molecular complexity index is 1300. The Morgan fingerprint density at radius 2 is 1.97 bits per heavy atom. The molecule has 0 radical (unpaired) electrons. The second-order valence-electron chi connectivity index (χ2n) is 7.55. The van der Waals surface area contributed by atoms with Gasteiger partial charge in [0.05, 0.1) is 16.7 Å². The Morgan fingerprint density at radius 3 is 2.73 bits per heavy atom. The van der Waals surface area contributed by atoms with Crippen molar-refractivity contribution in [2.45, 2.75) is 19.8 Å². The number of nitriles is 1. The summed E-state index contributed by atoms with van der Waals surface area (Å²) >= 11 is 0. The van der Waals surface area contributed by atoms with Crippen LogP contribution in [-0.2, 0) is 0 Å². The van der Waals surface area contributed by atoms with Gasteiger partial charge in [0.15, 0.2) is 12.4 Å².